The monoisotopic (exact) mass is 1440 g/mol. The Morgan fingerprint density at radius 2 is 0.469 bits per heavy atom. The highest BCUT2D eigenvalue weighted by atomic mass is 31.2. The molecule has 5 atom stereocenters. The fourth-order valence-electron chi connectivity index (χ4n) is 12.1. The van der Waals surface area contributed by atoms with Crippen molar-refractivity contribution >= 4 is 39.5 Å². The lowest BCUT2D eigenvalue weighted by molar-refractivity contribution is -0.161. The Kier molecular flexibility index (Phi) is 68.1. The van der Waals surface area contributed by atoms with Gasteiger partial charge in [-0.05, 0) is 43.4 Å². The van der Waals surface area contributed by atoms with Gasteiger partial charge in [-0.2, -0.15) is 0 Å². The SMILES string of the molecule is CCCCCCCCCCCCCCCCCCCC(=O)O[C@H](COC(=O)CCCCCCCCCCCCCC(C)C)COP(=O)(O)OC[C@@H](O)COP(=O)(O)OC[C@@H](COC(=O)CCCCCCCCCCCCC(C)C)OC(=O)CCCCCCCCCCCCCC(C)C. The number of ether oxygens (including phenoxy) is 4. The van der Waals surface area contributed by atoms with Crippen molar-refractivity contribution in [3.05, 3.63) is 0 Å². The van der Waals surface area contributed by atoms with Crippen LogP contribution in [0.2, 0.25) is 0 Å². The molecule has 0 saturated carbocycles. The summed E-state index contributed by atoms with van der Waals surface area (Å²) in [6.45, 7) is 11.9. The quantitative estimate of drug-likeness (QED) is 0.0222. The maximum absolute atomic E-state index is 13.1. The number of carbonyl (C=O) groups is 4. The second-order valence-corrected chi connectivity index (χ2v) is 32.8. The molecular weight excluding hydrogens is 1280 g/mol. The summed E-state index contributed by atoms with van der Waals surface area (Å²) in [5, 5.41) is 10.6. The number of carbonyl (C=O) groups excluding carboxylic acids is 4. The zero-order chi connectivity index (χ0) is 72.3. The van der Waals surface area contributed by atoms with Crippen LogP contribution in [0.5, 0.6) is 0 Å². The van der Waals surface area contributed by atoms with Gasteiger partial charge in [-0.1, -0.05) is 357 Å². The topological polar surface area (TPSA) is 237 Å². The number of aliphatic hydroxyl groups is 1. The molecule has 0 amide bonds. The van der Waals surface area contributed by atoms with E-state index in [9.17, 15) is 43.2 Å². The summed E-state index contributed by atoms with van der Waals surface area (Å²) in [5.41, 5.74) is 0. The van der Waals surface area contributed by atoms with E-state index >= 15 is 0 Å². The molecule has 0 radical (unpaired) electrons. The van der Waals surface area contributed by atoms with Gasteiger partial charge in [0.2, 0.25) is 0 Å². The third-order valence-corrected chi connectivity index (χ3v) is 20.3. The molecule has 582 valence electrons. The molecule has 2 unspecified atom stereocenters. The van der Waals surface area contributed by atoms with Gasteiger partial charge in [0.1, 0.15) is 19.3 Å². The predicted octanol–water partition coefficient (Wildman–Crippen LogP) is 23.4. The first kappa shape index (κ1) is 96.1. The highest BCUT2D eigenvalue weighted by Gasteiger charge is 2.30. The van der Waals surface area contributed by atoms with E-state index in [1.165, 1.54) is 218 Å². The first-order valence-corrected chi connectivity index (χ1v) is 43.8. The highest BCUT2D eigenvalue weighted by molar-refractivity contribution is 7.47. The van der Waals surface area contributed by atoms with Crippen molar-refractivity contribution in [2.45, 2.75) is 426 Å². The molecule has 3 N–H and O–H groups in total. The van der Waals surface area contributed by atoms with Crippen LogP contribution >= 0.6 is 15.6 Å². The molecule has 0 saturated heterocycles. The van der Waals surface area contributed by atoms with Crippen LogP contribution in [-0.4, -0.2) is 96.7 Å². The summed E-state index contributed by atoms with van der Waals surface area (Å²) in [7, 11) is -9.92. The van der Waals surface area contributed by atoms with E-state index in [0.717, 1.165) is 108 Å². The lowest BCUT2D eigenvalue weighted by Gasteiger charge is -2.21. The molecule has 0 aromatic heterocycles. The average Bonchev–Trinajstić information content (AvgIpc) is 0.988. The molecule has 0 aliphatic carbocycles. The third kappa shape index (κ3) is 72.4. The number of hydrogen-bond donors (Lipinski definition) is 3. The normalized spacial score (nSPS) is 14.0. The first-order chi connectivity index (χ1) is 47.2. The minimum absolute atomic E-state index is 0.106. The lowest BCUT2D eigenvalue weighted by Crippen LogP contribution is -2.30. The molecule has 0 rings (SSSR count). The zero-order valence-corrected chi connectivity index (χ0v) is 66.0. The van der Waals surface area contributed by atoms with Crippen molar-refractivity contribution in [1.82, 2.24) is 0 Å². The second kappa shape index (κ2) is 69.4. The summed E-state index contributed by atoms with van der Waals surface area (Å²) in [6, 6.07) is 0. The smallest absolute Gasteiger partial charge is 0.462 e. The predicted molar refractivity (Wildman–Crippen MR) is 400 cm³/mol. The zero-order valence-electron chi connectivity index (χ0n) is 64.3. The molecule has 0 aliphatic heterocycles. The summed E-state index contributed by atoms with van der Waals surface area (Å²) in [4.78, 5) is 73.0. The molecule has 19 heteroatoms. The third-order valence-electron chi connectivity index (χ3n) is 18.4. The standard InChI is InChI=1S/C79H154O17P2/c1-8-9-10-11-12-13-14-15-16-17-18-19-24-34-41-48-55-62-78(83)95-74(66-89-76(81)60-53-46-39-32-25-20-22-29-36-43-50-57-70(2)3)68-93-97(85,86)91-64-73(80)65-92-98(87,88)94-69-75(67-90-77(82)61-54-47-40-33-28-27-31-38-45-52-59-72(6)7)96-79(84)63-56-49-42-35-26-21-23-30-37-44-51-58-71(4)5/h70-75,80H,8-69H2,1-7H3,(H,85,86)(H,87,88)/t73-,74-,75-/m1/s1. The molecule has 0 bridgehead atoms. The van der Waals surface area contributed by atoms with Crippen molar-refractivity contribution in [1.29, 1.82) is 0 Å². The van der Waals surface area contributed by atoms with Crippen molar-refractivity contribution < 1.29 is 80.2 Å². The maximum Gasteiger partial charge on any atom is 0.472 e. The Morgan fingerprint density at radius 3 is 0.694 bits per heavy atom. The number of phosphoric ester groups is 2. The first-order valence-electron chi connectivity index (χ1n) is 40.8. The number of aliphatic hydroxyl groups excluding tert-OH is 1. The van der Waals surface area contributed by atoms with Crippen molar-refractivity contribution in [3.8, 4) is 0 Å². The summed E-state index contributed by atoms with van der Waals surface area (Å²) >= 11 is 0. The second-order valence-electron chi connectivity index (χ2n) is 29.9. The van der Waals surface area contributed by atoms with Gasteiger partial charge in [0, 0.05) is 25.7 Å². The maximum atomic E-state index is 13.1. The number of esters is 4. The minimum atomic E-state index is -4.96. The number of unbranched alkanes of at least 4 members (excludes halogenated alkanes) is 45. The molecule has 0 heterocycles. The van der Waals surface area contributed by atoms with Gasteiger partial charge in [0.05, 0.1) is 26.4 Å². The van der Waals surface area contributed by atoms with Gasteiger partial charge in [0.15, 0.2) is 12.2 Å². The summed E-state index contributed by atoms with van der Waals surface area (Å²) < 4.78 is 68.7. The fraction of sp³-hybridized carbons (Fsp3) is 0.949. The van der Waals surface area contributed by atoms with Crippen LogP contribution in [0.4, 0.5) is 0 Å². The Balaban J connectivity index is 5.27. The Morgan fingerprint density at radius 1 is 0.276 bits per heavy atom. The van der Waals surface area contributed by atoms with Crippen LogP contribution in [0.3, 0.4) is 0 Å². The van der Waals surface area contributed by atoms with Gasteiger partial charge < -0.3 is 33.8 Å². The minimum Gasteiger partial charge on any atom is -0.462 e. The molecule has 0 spiro atoms. The highest BCUT2D eigenvalue weighted by Crippen LogP contribution is 2.45. The van der Waals surface area contributed by atoms with Gasteiger partial charge in [-0.3, -0.25) is 37.3 Å². The molecule has 17 nitrogen and oxygen atoms in total. The van der Waals surface area contributed by atoms with E-state index in [4.69, 9.17) is 37.0 Å². The fourth-order valence-corrected chi connectivity index (χ4v) is 13.7. The Labute approximate surface area is 600 Å². The number of phosphoric acid groups is 2. The van der Waals surface area contributed by atoms with E-state index < -0.39 is 97.5 Å². The van der Waals surface area contributed by atoms with E-state index in [1.54, 1.807) is 0 Å². The number of hydrogen-bond acceptors (Lipinski definition) is 15. The van der Waals surface area contributed by atoms with E-state index in [2.05, 4.69) is 48.5 Å². The Hall–Kier alpha value is -1.94. The van der Waals surface area contributed by atoms with E-state index in [0.29, 0.717) is 25.7 Å². The van der Waals surface area contributed by atoms with Crippen LogP contribution in [0.15, 0.2) is 0 Å². The molecule has 0 aromatic carbocycles. The molecule has 0 aliphatic rings. The van der Waals surface area contributed by atoms with Gasteiger partial charge >= 0.3 is 39.5 Å². The van der Waals surface area contributed by atoms with Crippen LogP contribution in [0.1, 0.15) is 408 Å². The van der Waals surface area contributed by atoms with Crippen LogP contribution < -0.4 is 0 Å². The summed E-state index contributed by atoms with van der Waals surface area (Å²) in [5.74, 6) is 0.183. The molecular formula is C79H154O17P2. The lowest BCUT2D eigenvalue weighted by atomic mass is 10.0. The average molecular weight is 1440 g/mol. The largest absolute Gasteiger partial charge is 0.472 e. The molecule has 0 aromatic rings. The molecule has 98 heavy (non-hydrogen) atoms. The van der Waals surface area contributed by atoms with Crippen molar-refractivity contribution in [3.63, 3.8) is 0 Å². The van der Waals surface area contributed by atoms with Crippen molar-refractivity contribution in [2.24, 2.45) is 17.8 Å². The van der Waals surface area contributed by atoms with E-state index in [-0.39, 0.29) is 25.7 Å². The van der Waals surface area contributed by atoms with E-state index in [1.807, 2.05) is 0 Å². The van der Waals surface area contributed by atoms with Gasteiger partial charge in [-0.25, -0.2) is 9.13 Å². The number of rotatable bonds is 77. The van der Waals surface area contributed by atoms with Crippen LogP contribution in [0, 0.1) is 17.8 Å². The van der Waals surface area contributed by atoms with Gasteiger partial charge in [0.25, 0.3) is 0 Å². The molecule has 0 fully saturated rings. The Bertz CT molecular complexity index is 1900. The van der Waals surface area contributed by atoms with Crippen molar-refractivity contribution in [2.75, 3.05) is 39.6 Å². The van der Waals surface area contributed by atoms with Gasteiger partial charge in [-0.15, -0.1) is 0 Å². The summed E-state index contributed by atoms with van der Waals surface area (Å²) in [6.07, 6.45) is 56.8. The van der Waals surface area contributed by atoms with Crippen LogP contribution in [-0.2, 0) is 65.4 Å². The van der Waals surface area contributed by atoms with Crippen LogP contribution in [0.25, 0.3) is 0 Å².